The van der Waals surface area contributed by atoms with Crippen LogP contribution in [0.25, 0.3) is 50.7 Å². The fourth-order valence-corrected chi connectivity index (χ4v) is 15.0. The first-order chi connectivity index (χ1) is 57.4. The average Bonchev–Trinajstić information content (AvgIpc) is 1.56. The van der Waals surface area contributed by atoms with E-state index < -0.39 is 53.0 Å². The molecule has 0 spiro atoms. The van der Waals surface area contributed by atoms with Gasteiger partial charge in [-0.3, -0.25) is 29.3 Å². The average molecular weight is 1640 g/mol. The Kier molecular flexibility index (Phi) is 25.9. The van der Waals surface area contributed by atoms with Crippen molar-refractivity contribution in [3.05, 3.63) is 197 Å². The summed E-state index contributed by atoms with van der Waals surface area (Å²) in [6.45, 7) is 12.7. The Morgan fingerprint density at radius 2 is 0.667 bits per heavy atom. The number of anilines is 3. The zero-order valence-electron chi connectivity index (χ0n) is 68.1. The number of nitriles is 3. The molecule has 3 saturated carbocycles. The van der Waals surface area contributed by atoms with Crippen LogP contribution in [0.4, 0.5) is 30.2 Å². The molecule has 15 rings (SSSR count). The van der Waals surface area contributed by atoms with Crippen molar-refractivity contribution in [3.63, 3.8) is 0 Å². The SMILES string of the molecule is Cc1ncc(C2CCC(Nc3cc(-c4ccc5cc(C#N)cnn45)ncc3C(=O)NC[C@@H](F)C(C)(C)O)CC2)o1.Cc1ncc(C2CCC(Nc3cc(-c4ccc5cc(C#N)cnn45)ncc3C(=O)NC[C@@H](F)C(C)(C)O)CC2)o1.Cc1ncc(C2CCC(Nc3cc(-c4ccc5cc(C#N)cnn45)ncc3C(=O)NC[C@@H](F)C(C)(C)O)CC2)o1. The van der Waals surface area contributed by atoms with Gasteiger partial charge in [0.1, 0.15) is 54.0 Å². The van der Waals surface area contributed by atoms with Crippen LogP contribution >= 0.6 is 0 Å². The highest BCUT2D eigenvalue weighted by Crippen LogP contribution is 2.40. The molecule has 0 unspecified atom stereocenters. The summed E-state index contributed by atoms with van der Waals surface area (Å²) in [6.07, 6.45) is 20.0. The first kappa shape index (κ1) is 85.0. The lowest BCUT2D eigenvalue weighted by Gasteiger charge is -2.29. The van der Waals surface area contributed by atoms with Crippen molar-refractivity contribution in [2.24, 2.45) is 0 Å². The summed E-state index contributed by atoms with van der Waals surface area (Å²) in [5, 5.41) is 88.8. The predicted molar refractivity (Wildman–Crippen MR) is 440 cm³/mol. The van der Waals surface area contributed by atoms with Crippen LogP contribution in [0.1, 0.15) is 219 Å². The molecule has 12 aromatic rings. The van der Waals surface area contributed by atoms with Crippen LogP contribution in [0.5, 0.6) is 0 Å². The highest BCUT2D eigenvalue weighted by molar-refractivity contribution is 6.01. The quantitative estimate of drug-likeness (QED) is 0.0271. The molecule has 3 atom stereocenters. The van der Waals surface area contributed by atoms with Gasteiger partial charge in [0, 0.05) is 75.2 Å². The number of pyridine rings is 3. The Hall–Kier alpha value is -12.9. The van der Waals surface area contributed by atoms with E-state index >= 15 is 0 Å². The van der Waals surface area contributed by atoms with Gasteiger partial charge in [-0.05, 0) is 191 Å². The second-order valence-electron chi connectivity index (χ2n) is 32.5. The summed E-state index contributed by atoms with van der Waals surface area (Å²) in [4.78, 5) is 65.7. The number of hydrogen-bond donors (Lipinski definition) is 9. The first-order valence-electron chi connectivity index (χ1n) is 40.0. The monoisotopic (exact) mass is 1640 g/mol. The highest BCUT2D eigenvalue weighted by Gasteiger charge is 2.34. The van der Waals surface area contributed by atoms with Gasteiger partial charge in [-0.15, -0.1) is 0 Å². The normalized spacial score (nSPS) is 18.3. The van der Waals surface area contributed by atoms with E-state index in [1.54, 1.807) is 68.5 Å². The van der Waals surface area contributed by atoms with Gasteiger partial charge < -0.3 is 60.5 Å². The number of fused-ring (bicyclic) bond motifs is 3. The maximum atomic E-state index is 14.4. The van der Waals surface area contributed by atoms with E-state index in [2.05, 4.69) is 95.3 Å². The van der Waals surface area contributed by atoms with Gasteiger partial charge in [-0.1, -0.05) is 0 Å². The van der Waals surface area contributed by atoms with E-state index in [4.69, 9.17) is 13.3 Å². The molecular formula is C87H96F3N21O9. The molecule has 3 fully saturated rings. The number of hydrogen-bond acceptors (Lipinski definition) is 24. The third-order valence-corrected chi connectivity index (χ3v) is 22.1. The fraction of sp³-hybridized carbons (Fsp3) is 0.414. The minimum Gasteiger partial charge on any atom is -0.446 e. The number of halogens is 3. The molecule has 3 aliphatic carbocycles. The molecule has 33 heteroatoms. The molecule has 0 aliphatic heterocycles. The Bertz CT molecular complexity index is 5230. The minimum absolute atomic E-state index is 0.104. The number of aliphatic hydroxyl groups is 3. The molecule has 0 aromatic carbocycles. The summed E-state index contributed by atoms with van der Waals surface area (Å²) in [5.41, 5.74) is 5.26. The third-order valence-electron chi connectivity index (χ3n) is 22.1. The summed E-state index contributed by atoms with van der Waals surface area (Å²) in [7, 11) is 0. The lowest BCUT2D eigenvalue weighted by molar-refractivity contribution is -0.00209. The summed E-state index contributed by atoms with van der Waals surface area (Å²) in [5.74, 6) is 4.12. The number of carbonyl (C=O) groups is 3. The van der Waals surface area contributed by atoms with E-state index in [1.807, 2.05) is 57.2 Å². The zero-order valence-corrected chi connectivity index (χ0v) is 68.1. The van der Waals surface area contributed by atoms with Gasteiger partial charge >= 0.3 is 0 Å². The van der Waals surface area contributed by atoms with Crippen LogP contribution in [0.2, 0.25) is 0 Å². The zero-order chi connectivity index (χ0) is 85.3. The van der Waals surface area contributed by atoms with E-state index in [0.717, 1.165) is 111 Å². The minimum atomic E-state index is -1.63. The Morgan fingerprint density at radius 1 is 0.408 bits per heavy atom. The largest absolute Gasteiger partial charge is 0.446 e. The van der Waals surface area contributed by atoms with Crippen LogP contribution < -0.4 is 31.9 Å². The summed E-state index contributed by atoms with van der Waals surface area (Å²) in [6, 6.07) is 28.3. The van der Waals surface area contributed by atoms with Crippen LogP contribution in [0, 0.1) is 54.8 Å². The maximum absolute atomic E-state index is 14.4. The molecular weight excluding hydrogens is 1540 g/mol. The second-order valence-corrected chi connectivity index (χ2v) is 32.5. The molecule has 624 valence electrons. The van der Waals surface area contributed by atoms with Gasteiger partial charge in [0.2, 0.25) is 0 Å². The summed E-state index contributed by atoms with van der Waals surface area (Å²) < 4.78 is 65.3. The number of aryl methyl sites for hydroxylation is 3. The van der Waals surface area contributed by atoms with E-state index in [9.17, 15) is 58.7 Å². The van der Waals surface area contributed by atoms with Gasteiger partial charge in [-0.2, -0.15) is 31.1 Å². The molecule has 3 amide bonds. The predicted octanol–water partition coefficient (Wildman–Crippen LogP) is 13.6. The molecule has 0 bridgehead atoms. The van der Waals surface area contributed by atoms with Gasteiger partial charge in [0.05, 0.1) is 175 Å². The van der Waals surface area contributed by atoms with E-state index in [-0.39, 0.29) is 54.5 Å². The number of nitrogens with one attached hydrogen (secondary N) is 6. The topological polar surface area (TPSA) is 424 Å². The van der Waals surface area contributed by atoms with Crippen molar-refractivity contribution in [3.8, 4) is 52.4 Å². The van der Waals surface area contributed by atoms with Crippen molar-refractivity contribution >= 4 is 51.3 Å². The number of rotatable bonds is 24. The van der Waals surface area contributed by atoms with Crippen LogP contribution in [-0.4, -0.2) is 165 Å². The molecule has 30 nitrogen and oxygen atoms in total. The standard InChI is InChI=1S/3C29H32FN7O3/c3*1-17-32-15-26(40-17)19-4-6-20(7-5-19)36-23-11-24(25-9-8-21-10-18(12-31)13-35-37(21)25)33-14-22(23)28(38)34-16-27(30)29(2,3)39/h3*8-11,13-15,19-20,27,39H,4-7,16H2,1-3H3,(H,33,36)(H,34,38)/t3*19?,20?,27-/m111/s1. The van der Waals surface area contributed by atoms with Crippen LogP contribution in [-0.2, 0) is 0 Å². The van der Waals surface area contributed by atoms with Crippen molar-refractivity contribution in [2.45, 2.75) is 211 Å². The second kappa shape index (κ2) is 36.5. The highest BCUT2D eigenvalue weighted by atomic mass is 19.1. The number of amides is 3. The number of alkyl halides is 3. The number of aromatic nitrogens is 12. The van der Waals surface area contributed by atoms with Gasteiger partial charge in [-0.25, -0.2) is 41.7 Å². The molecule has 3 aliphatic rings. The van der Waals surface area contributed by atoms with E-state index in [1.165, 1.54) is 78.7 Å². The van der Waals surface area contributed by atoms with Gasteiger partial charge in [0.25, 0.3) is 17.7 Å². The Labute approximate surface area is 690 Å². The molecule has 0 saturated heterocycles. The molecule has 120 heavy (non-hydrogen) atoms. The van der Waals surface area contributed by atoms with E-state index in [0.29, 0.717) is 103 Å². The molecule has 12 heterocycles. The smallest absolute Gasteiger partial charge is 0.255 e. The van der Waals surface area contributed by atoms with Gasteiger partial charge in [0.15, 0.2) is 17.7 Å². The van der Waals surface area contributed by atoms with Crippen LogP contribution in [0.3, 0.4) is 0 Å². The molecule has 12 aromatic heterocycles. The summed E-state index contributed by atoms with van der Waals surface area (Å²) >= 11 is 0. The number of oxazole rings is 3. The lowest BCUT2D eigenvalue weighted by atomic mass is 9.84. The van der Waals surface area contributed by atoms with Crippen molar-refractivity contribution < 1.29 is 56.1 Å². The number of carbonyl (C=O) groups excluding carboxylic acids is 3. The van der Waals surface area contributed by atoms with Crippen LogP contribution in [0.15, 0.2) is 142 Å². The number of nitrogens with zero attached hydrogens (tertiary/aromatic N) is 15. The molecule has 0 radical (unpaired) electrons. The van der Waals surface area contributed by atoms with Crippen molar-refractivity contribution in [2.75, 3.05) is 35.6 Å². The Morgan fingerprint density at radius 3 is 0.892 bits per heavy atom. The fourth-order valence-electron chi connectivity index (χ4n) is 15.0. The van der Waals surface area contributed by atoms with Crippen molar-refractivity contribution in [1.82, 2.24) is 74.7 Å². The molecule has 9 N–H and O–H groups in total. The lowest BCUT2D eigenvalue weighted by Crippen LogP contribution is -2.42. The Balaban J connectivity index is 0.000000156. The van der Waals surface area contributed by atoms with Crippen molar-refractivity contribution in [1.29, 1.82) is 15.8 Å². The maximum Gasteiger partial charge on any atom is 0.255 e. The third kappa shape index (κ3) is 20.4. The first-order valence-corrected chi connectivity index (χ1v) is 40.0.